The first kappa shape index (κ1) is 17.4. The molecular formula is C15H19NO7. The second kappa shape index (κ2) is 7.51. The van der Waals surface area contributed by atoms with Crippen LogP contribution in [0.1, 0.15) is 17.3 Å². The van der Waals surface area contributed by atoms with E-state index in [1.807, 2.05) is 0 Å². The highest BCUT2D eigenvalue weighted by atomic mass is 16.6. The number of aliphatic hydroxyl groups excluding tert-OH is 3. The van der Waals surface area contributed by atoms with Crippen molar-refractivity contribution in [2.75, 3.05) is 6.61 Å². The zero-order valence-electron chi connectivity index (χ0n) is 12.5. The minimum absolute atomic E-state index is 0.316. The van der Waals surface area contributed by atoms with Gasteiger partial charge in [0.15, 0.2) is 6.29 Å². The van der Waals surface area contributed by atoms with E-state index in [4.69, 9.17) is 9.47 Å². The van der Waals surface area contributed by atoms with Crippen molar-refractivity contribution in [1.82, 2.24) is 5.32 Å². The molecule has 2 rings (SSSR count). The molecule has 8 heteroatoms. The Bertz CT molecular complexity index is 550. The van der Waals surface area contributed by atoms with Crippen LogP contribution in [0.5, 0.6) is 0 Å². The van der Waals surface area contributed by atoms with Gasteiger partial charge in [-0.25, -0.2) is 0 Å². The summed E-state index contributed by atoms with van der Waals surface area (Å²) < 4.78 is 9.82. The topological polar surface area (TPSA) is 125 Å². The van der Waals surface area contributed by atoms with E-state index < -0.39 is 42.5 Å². The lowest BCUT2D eigenvalue weighted by Crippen LogP contribution is -2.64. The number of hydrogen-bond donors (Lipinski definition) is 4. The van der Waals surface area contributed by atoms with E-state index in [1.165, 1.54) is 6.92 Å². The molecule has 0 aliphatic carbocycles. The van der Waals surface area contributed by atoms with Crippen LogP contribution in [0.3, 0.4) is 0 Å². The summed E-state index contributed by atoms with van der Waals surface area (Å²) in [4.78, 5) is 22.8. The van der Waals surface area contributed by atoms with Crippen LogP contribution >= 0.6 is 0 Å². The minimum atomic E-state index is -1.55. The molecule has 0 radical (unpaired) electrons. The van der Waals surface area contributed by atoms with E-state index in [-0.39, 0.29) is 6.61 Å². The summed E-state index contributed by atoms with van der Waals surface area (Å²) in [5.41, 5.74) is 0.337. The van der Waals surface area contributed by atoms with Crippen LogP contribution in [0.2, 0.25) is 0 Å². The van der Waals surface area contributed by atoms with E-state index in [9.17, 15) is 24.9 Å². The Morgan fingerprint density at radius 3 is 2.43 bits per heavy atom. The van der Waals surface area contributed by atoms with Crippen LogP contribution in [-0.4, -0.2) is 64.4 Å². The van der Waals surface area contributed by atoms with Gasteiger partial charge in [-0.3, -0.25) is 9.59 Å². The van der Waals surface area contributed by atoms with E-state index in [2.05, 4.69) is 5.32 Å². The number of esters is 1. The molecule has 1 aliphatic rings. The third-order valence-electron chi connectivity index (χ3n) is 3.50. The molecule has 2 unspecified atom stereocenters. The Labute approximate surface area is 132 Å². The predicted molar refractivity (Wildman–Crippen MR) is 77.2 cm³/mol. The van der Waals surface area contributed by atoms with Crippen LogP contribution in [0.25, 0.3) is 0 Å². The number of nitrogens with one attached hydrogen (secondary N) is 1. The highest BCUT2D eigenvalue weighted by molar-refractivity contribution is 5.94. The SMILES string of the molecule is CC(=O)OCC1O[C@@H](O)C(NC(=O)c2ccccc2)[C@@H](O)[C@H]1O. The first-order valence-electron chi connectivity index (χ1n) is 7.09. The first-order valence-corrected chi connectivity index (χ1v) is 7.09. The van der Waals surface area contributed by atoms with Gasteiger partial charge in [-0.05, 0) is 12.1 Å². The van der Waals surface area contributed by atoms with Gasteiger partial charge in [0.05, 0.1) is 0 Å². The van der Waals surface area contributed by atoms with Gasteiger partial charge in [-0.2, -0.15) is 0 Å². The average molecular weight is 325 g/mol. The van der Waals surface area contributed by atoms with Gasteiger partial charge < -0.3 is 30.1 Å². The quantitative estimate of drug-likeness (QED) is 0.512. The van der Waals surface area contributed by atoms with Gasteiger partial charge in [0, 0.05) is 12.5 Å². The van der Waals surface area contributed by atoms with Gasteiger partial charge in [-0.1, -0.05) is 18.2 Å². The van der Waals surface area contributed by atoms with E-state index in [0.717, 1.165) is 0 Å². The largest absolute Gasteiger partial charge is 0.463 e. The van der Waals surface area contributed by atoms with E-state index >= 15 is 0 Å². The van der Waals surface area contributed by atoms with Crippen LogP contribution in [0.15, 0.2) is 30.3 Å². The lowest BCUT2D eigenvalue weighted by molar-refractivity contribution is -0.254. The third kappa shape index (κ3) is 4.26. The Morgan fingerprint density at radius 1 is 1.17 bits per heavy atom. The van der Waals surface area contributed by atoms with Crippen LogP contribution in [0.4, 0.5) is 0 Å². The maximum atomic E-state index is 12.1. The van der Waals surface area contributed by atoms with E-state index in [0.29, 0.717) is 5.56 Å². The normalized spacial score (nSPS) is 30.5. The fourth-order valence-electron chi connectivity index (χ4n) is 2.26. The van der Waals surface area contributed by atoms with Crippen molar-refractivity contribution in [2.24, 2.45) is 0 Å². The third-order valence-corrected chi connectivity index (χ3v) is 3.50. The number of ether oxygens (including phenoxy) is 2. The predicted octanol–water partition coefficient (Wildman–Crippen LogP) is -1.21. The summed E-state index contributed by atoms with van der Waals surface area (Å²) in [5.74, 6) is -1.10. The maximum Gasteiger partial charge on any atom is 0.302 e. The summed E-state index contributed by atoms with van der Waals surface area (Å²) in [6, 6.07) is 7.00. The Kier molecular flexibility index (Phi) is 5.67. The fraction of sp³-hybridized carbons (Fsp3) is 0.467. The highest BCUT2D eigenvalue weighted by Gasteiger charge is 2.45. The van der Waals surface area contributed by atoms with Crippen molar-refractivity contribution in [2.45, 2.75) is 37.6 Å². The van der Waals surface area contributed by atoms with Crippen LogP contribution < -0.4 is 5.32 Å². The average Bonchev–Trinajstić information content (AvgIpc) is 2.54. The summed E-state index contributed by atoms with van der Waals surface area (Å²) in [5, 5.41) is 32.4. The number of rotatable bonds is 4. The number of carbonyl (C=O) groups is 2. The van der Waals surface area contributed by atoms with Gasteiger partial charge in [-0.15, -0.1) is 0 Å². The summed E-state index contributed by atoms with van der Waals surface area (Å²) >= 11 is 0. The lowest BCUT2D eigenvalue weighted by Gasteiger charge is -2.40. The number of amides is 1. The smallest absolute Gasteiger partial charge is 0.302 e. The van der Waals surface area contributed by atoms with Crippen molar-refractivity contribution in [3.63, 3.8) is 0 Å². The molecule has 8 nitrogen and oxygen atoms in total. The molecule has 0 aromatic heterocycles. The van der Waals surface area contributed by atoms with Crippen molar-refractivity contribution >= 4 is 11.9 Å². The molecule has 1 heterocycles. The number of aliphatic hydroxyl groups is 3. The van der Waals surface area contributed by atoms with Crippen LogP contribution in [0, 0.1) is 0 Å². The Hall–Kier alpha value is -2.00. The van der Waals surface area contributed by atoms with Crippen molar-refractivity contribution in [3.8, 4) is 0 Å². The van der Waals surface area contributed by atoms with E-state index in [1.54, 1.807) is 30.3 Å². The molecule has 23 heavy (non-hydrogen) atoms. The molecule has 0 bridgehead atoms. The zero-order valence-corrected chi connectivity index (χ0v) is 12.5. The van der Waals surface area contributed by atoms with Gasteiger partial charge in [0.25, 0.3) is 5.91 Å². The number of hydrogen-bond acceptors (Lipinski definition) is 7. The Morgan fingerprint density at radius 2 is 1.83 bits per heavy atom. The molecule has 1 fully saturated rings. The lowest BCUT2D eigenvalue weighted by atomic mass is 9.96. The molecule has 126 valence electrons. The molecule has 4 N–H and O–H groups in total. The molecule has 0 saturated carbocycles. The Balaban J connectivity index is 2.01. The molecular weight excluding hydrogens is 306 g/mol. The maximum absolute atomic E-state index is 12.1. The highest BCUT2D eigenvalue weighted by Crippen LogP contribution is 2.20. The monoisotopic (exact) mass is 325 g/mol. The van der Waals surface area contributed by atoms with Gasteiger partial charge >= 0.3 is 5.97 Å². The van der Waals surface area contributed by atoms with Crippen molar-refractivity contribution in [3.05, 3.63) is 35.9 Å². The van der Waals surface area contributed by atoms with Gasteiger partial charge in [0.1, 0.15) is 31.0 Å². The van der Waals surface area contributed by atoms with Crippen molar-refractivity contribution in [1.29, 1.82) is 0 Å². The fourth-order valence-corrected chi connectivity index (χ4v) is 2.26. The summed E-state index contributed by atoms with van der Waals surface area (Å²) in [6.45, 7) is 0.870. The molecule has 0 spiro atoms. The molecule has 1 aliphatic heterocycles. The zero-order chi connectivity index (χ0) is 17.0. The number of benzene rings is 1. The molecule has 1 amide bonds. The first-order chi connectivity index (χ1) is 10.9. The molecule has 1 aromatic rings. The second-order valence-corrected chi connectivity index (χ2v) is 5.21. The molecule has 1 aromatic carbocycles. The molecule has 5 atom stereocenters. The van der Waals surface area contributed by atoms with Gasteiger partial charge in [0.2, 0.25) is 0 Å². The second-order valence-electron chi connectivity index (χ2n) is 5.21. The van der Waals surface area contributed by atoms with Crippen molar-refractivity contribution < 1.29 is 34.4 Å². The number of carbonyl (C=O) groups excluding carboxylic acids is 2. The minimum Gasteiger partial charge on any atom is -0.463 e. The van der Waals surface area contributed by atoms with Crippen LogP contribution in [-0.2, 0) is 14.3 Å². The standard InChI is InChI=1S/C15H19NO7/c1-8(17)22-7-10-12(18)13(19)11(15(21)23-10)16-14(20)9-5-3-2-4-6-9/h2-6,10-13,15,18-19,21H,7H2,1H3,(H,16,20)/t10?,11?,12-,13+,15+/m0/s1. The molecule has 1 saturated heterocycles. The summed E-state index contributed by atoms with van der Waals surface area (Å²) in [6.07, 6.45) is -5.55. The summed E-state index contributed by atoms with van der Waals surface area (Å²) in [7, 11) is 0.